The van der Waals surface area contributed by atoms with Gasteiger partial charge >= 0.3 is 0 Å². The summed E-state index contributed by atoms with van der Waals surface area (Å²) in [6.07, 6.45) is 5.22. The quantitative estimate of drug-likeness (QED) is 0.551. The van der Waals surface area contributed by atoms with Gasteiger partial charge in [-0.3, -0.25) is 9.48 Å². The minimum absolute atomic E-state index is 0.0435. The summed E-state index contributed by atoms with van der Waals surface area (Å²) in [7, 11) is 0. The predicted molar refractivity (Wildman–Crippen MR) is 120 cm³/mol. The van der Waals surface area contributed by atoms with Gasteiger partial charge < -0.3 is 20.1 Å². The molecule has 0 saturated carbocycles. The second-order valence-electron chi connectivity index (χ2n) is 7.90. The average Bonchev–Trinajstić information content (AvgIpc) is 3.17. The molecule has 1 aliphatic heterocycles. The molecule has 1 aromatic carbocycles. The Morgan fingerprint density at radius 3 is 2.74 bits per heavy atom. The fraction of sp³-hybridized carbons (Fsp3) is 0.333. The number of aromatic nitrogens is 4. The molecular weight excluding hydrogens is 464 g/mol. The fourth-order valence-electron chi connectivity index (χ4n) is 3.24. The Bertz CT molecular complexity index is 1080. The van der Waals surface area contributed by atoms with Crippen LogP contribution in [0.15, 0.2) is 47.3 Å². The normalized spacial score (nSPS) is 14.7. The van der Waals surface area contributed by atoms with Gasteiger partial charge in [0.1, 0.15) is 6.61 Å². The van der Waals surface area contributed by atoms with E-state index in [-0.39, 0.29) is 12.5 Å². The summed E-state index contributed by atoms with van der Waals surface area (Å²) < 4.78 is 7.60. The number of amides is 1. The van der Waals surface area contributed by atoms with Gasteiger partial charge in [0.25, 0.3) is 5.91 Å². The van der Waals surface area contributed by atoms with E-state index in [1.165, 1.54) is 0 Å². The highest BCUT2D eigenvalue weighted by atomic mass is 79.9. The number of carbonyl (C=O) groups is 1. The Morgan fingerprint density at radius 1 is 1.26 bits per heavy atom. The molecule has 0 atom stereocenters. The van der Waals surface area contributed by atoms with Gasteiger partial charge in [0, 0.05) is 35.9 Å². The van der Waals surface area contributed by atoms with Crippen molar-refractivity contribution in [3.63, 3.8) is 0 Å². The minimum atomic E-state index is -0.864. The first-order valence-electron chi connectivity index (χ1n) is 9.81. The first kappa shape index (κ1) is 21.4. The van der Waals surface area contributed by atoms with Gasteiger partial charge in [-0.2, -0.15) is 5.10 Å². The Kier molecular flexibility index (Phi) is 6.03. The summed E-state index contributed by atoms with van der Waals surface area (Å²) in [6, 6.07) is 7.52. The summed E-state index contributed by atoms with van der Waals surface area (Å²) in [5.41, 5.74) is 2.26. The van der Waals surface area contributed by atoms with Gasteiger partial charge in [0.05, 0.1) is 35.1 Å². The number of nitrogens with one attached hydrogen (secondary N) is 1. The van der Waals surface area contributed by atoms with Crippen molar-refractivity contribution in [1.29, 1.82) is 0 Å². The van der Waals surface area contributed by atoms with E-state index in [1.807, 2.05) is 30.5 Å². The smallest absolute Gasteiger partial charge is 0.253 e. The lowest BCUT2D eigenvalue weighted by atomic mass is 10.1. The number of nitrogens with zero attached hydrogens (tertiary/aromatic N) is 5. The topological polar surface area (TPSA) is 105 Å². The van der Waals surface area contributed by atoms with Crippen LogP contribution >= 0.6 is 15.9 Å². The largest absolute Gasteiger partial charge is 0.389 e. The lowest BCUT2D eigenvalue weighted by molar-refractivity contribution is -0.125. The molecule has 3 aromatic rings. The fourth-order valence-corrected chi connectivity index (χ4v) is 3.66. The van der Waals surface area contributed by atoms with Crippen molar-refractivity contribution in [2.24, 2.45) is 0 Å². The van der Waals surface area contributed by atoms with Crippen LogP contribution in [0, 0.1) is 0 Å². The molecule has 0 spiro atoms. The third-order valence-corrected chi connectivity index (χ3v) is 5.20. The maximum absolute atomic E-state index is 12.0. The molecule has 31 heavy (non-hydrogen) atoms. The molecule has 1 aliphatic rings. The molecule has 4 rings (SSSR count). The van der Waals surface area contributed by atoms with Gasteiger partial charge in [-0.15, -0.1) is 0 Å². The van der Waals surface area contributed by atoms with E-state index >= 15 is 0 Å². The van der Waals surface area contributed by atoms with Crippen molar-refractivity contribution in [3.8, 4) is 11.3 Å². The molecule has 2 aromatic heterocycles. The summed E-state index contributed by atoms with van der Waals surface area (Å²) in [5.74, 6) is 0.390. The van der Waals surface area contributed by atoms with Crippen molar-refractivity contribution in [3.05, 3.63) is 47.3 Å². The van der Waals surface area contributed by atoms with Crippen LogP contribution in [0.3, 0.4) is 0 Å². The highest BCUT2D eigenvalue weighted by molar-refractivity contribution is 9.10. The summed E-state index contributed by atoms with van der Waals surface area (Å²) in [6.45, 7) is 5.04. The number of halogens is 1. The maximum atomic E-state index is 12.0. The molecule has 9 nitrogen and oxygen atoms in total. The maximum Gasteiger partial charge on any atom is 0.253 e. The van der Waals surface area contributed by atoms with E-state index in [0.717, 1.165) is 21.4 Å². The molecule has 0 aliphatic carbocycles. The molecule has 1 saturated heterocycles. The van der Waals surface area contributed by atoms with Gasteiger partial charge in [-0.25, -0.2) is 9.97 Å². The highest BCUT2D eigenvalue weighted by Crippen LogP contribution is 2.28. The van der Waals surface area contributed by atoms with Crippen molar-refractivity contribution < 1.29 is 14.6 Å². The zero-order valence-corrected chi connectivity index (χ0v) is 18.8. The van der Waals surface area contributed by atoms with Crippen LogP contribution in [0.4, 0.5) is 17.3 Å². The number of aliphatic hydroxyl groups is 1. The van der Waals surface area contributed by atoms with E-state index in [9.17, 15) is 9.90 Å². The molecule has 2 N–H and O–H groups in total. The lowest BCUT2D eigenvalue weighted by Crippen LogP contribution is -2.41. The van der Waals surface area contributed by atoms with Crippen LogP contribution in [0.2, 0.25) is 0 Å². The van der Waals surface area contributed by atoms with Crippen LogP contribution in [0.25, 0.3) is 11.3 Å². The Hall–Kier alpha value is -2.82. The third kappa shape index (κ3) is 5.27. The Labute approximate surface area is 188 Å². The van der Waals surface area contributed by atoms with Crippen LogP contribution in [-0.2, 0) is 16.1 Å². The molecule has 0 radical (unpaired) electrons. The number of morpholine rings is 1. The molecular formula is C21H23BrN6O3. The first-order valence-corrected chi connectivity index (χ1v) is 10.6. The SMILES string of the molecule is CC(C)(O)Cn1cc(-c2nc(Nc3ccc(N4CCOCC4=O)cc3)ncc2Br)cn1. The minimum Gasteiger partial charge on any atom is -0.389 e. The van der Waals surface area contributed by atoms with E-state index in [0.29, 0.717) is 31.3 Å². The summed E-state index contributed by atoms with van der Waals surface area (Å²) in [5, 5.41) is 17.5. The van der Waals surface area contributed by atoms with Crippen LogP contribution in [-0.4, -0.2) is 56.1 Å². The number of hydrogen-bond acceptors (Lipinski definition) is 7. The molecule has 0 unspecified atom stereocenters. The highest BCUT2D eigenvalue weighted by Gasteiger charge is 2.20. The molecule has 0 bridgehead atoms. The van der Waals surface area contributed by atoms with Gasteiger partial charge in [-0.05, 0) is 54.0 Å². The number of anilines is 3. The number of benzene rings is 1. The van der Waals surface area contributed by atoms with Gasteiger partial charge in [-0.1, -0.05) is 0 Å². The third-order valence-electron chi connectivity index (χ3n) is 4.62. The van der Waals surface area contributed by atoms with Crippen LogP contribution < -0.4 is 10.2 Å². The number of rotatable bonds is 6. The average molecular weight is 487 g/mol. The van der Waals surface area contributed by atoms with E-state index in [4.69, 9.17) is 4.74 Å². The molecule has 1 fully saturated rings. The summed E-state index contributed by atoms with van der Waals surface area (Å²) in [4.78, 5) is 22.6. The second kappa shape index (κ2) is 8.74. The molecule has 10 heteroatoms. The predicted octanol–water partition coefficient (Wildman–Crippen LogP) is 2.98. The van der Waals surface area contributed by atoms with Gasteiger partial charge in [0.2, 0.25) is 5.95 Å². The number of ether oxygens (including phenoxy) is 1. The van der Waals surface area contributed by atoms with Crippen molar-refractivity contribution in [2.45, 2.75) is 26.0 Å². The zero-order valence-electron chi connectivity index (χ0n) is 17.2. The monoisotopic (exact) mass is 486 g/mol. The lowest BCUT2D eigenvalue weighted by Gasteiger charge is -2.26. The van der Waals surface area contributed by atoms with Crippen molar-refractivity contribution >= 4 is 39.2 Å². The zero-order chi connectivity index (χ0) is 22.0. The number of carbonyl (C=O) groups excluding carboxylic acids is 1. The summed E-state index contributed by atoms with van der Waals surface area (Å²) >= 11 is 3.50. The van der Waals surface area contributed by atoms with Crippen molar-refractivity contribution in [1.82, 2.24) is 19.7 Å². The number of hydrogen-bond donors (Lipinski definition) is 2. The van der Waals surface area contributed by atoms with E-state index in [1.54, 1.807) is 35.8 Å². The first-order chi connectivity index (χ1) is 14.8. The van der Waals surface area contributed by atoms with Crippen molar-refractivity contribution in [2.75, 3.05) is 30.0 Å². The Balaban J connectivity index is 1.50. The Morgan fingerprint density at radius 2 is 2.03 bits per heavy atom. The van der Waals surface area contributed by atoms with E-state index in [2.05, 4.69) is 36.3 Å². The molecule has 1 amide bonds. The van der Waals surface area contributed by atoms with Gasteiger partial charge in [0.15, 0.2) is 0 Å². The molecule has 3 heterocycles. The standard InChI is InChI=1S/C21H23BrN6O3/c1-21(2,30)13-27-11-14(9-24-27)19-17(22)10-23-20(26-19)25-15-3-5-16(6-4-15)28-7-8-31-12-18(28)29/h3-6,9-11,30H,7-8,12-13H2,1-2H3,(H,23,25,26). The van der Waals surface area contributed by atoms with Crippen LogP contribution in [0.1, 0.15) is 13.8 Å². The second-order valence-corrected chi connectivity index (χ2v) is 8.75. The molecule has 162 valence electrons. The van der Waals surface area contributed by atoms with E-state index < -0.39 is 5.60 Å². The van der Waals surface area contributed by atoms with Crippen LogP contribution in [0.5, 0.6) is 0 Å².